The van der Waals surface area contributed by atoms with E-state index in [1.807, 2.05) is 13.1 Å². The fourth-order valence-electron chi connectivity index (χ4n) is 2.89. The summed E-state index contributed by atoms with van der Waals surface area (Å²) in [5, 5.41) is 6.81. The van der Waals surface area contributed by atoms with Gasteiger partial charge in [-0.2, -0.15) is 0 Å². The van der Waals surface area contributed by atoms with E-state index in [0.717, 1.165) is 56.8 Å². The summed E-state index contributed by atoms with van der Waals surface area (Å²) in [7, 11) is 1.82. The van der Waals surface area contributed by atoms with Crippen LogP contribution in [-0.4, -0.2) is 50.7 Å². The number of ether oxygens (including phenoxy) is 1. The Hall–Kier alpha value is -1.02. The SMILES string of the molecule is CCN(CC)CCCCNC(=NC)NCc1ccccc1OCC1CC1.I. The molecule has 0 amide bonds. The third kappa shape index (κ3) is 9.65. The van der Waals surface area contributed by atoms with Crippen LogP contribution in [0.25, 0.3) is 0 Å². The Labute approximate surface area is 182 Å². The van der Waals surface area contributed by atoms with Crippen molar-refractivity contribution in [3.05, 3.63) is 29.8 Å². The first-order valence-electron chi connectivity index (χ1n) is 10.1. The minimum absolute atomic E-state index is 0. The molecule has 0 aliphatic heterocycles. The van der Waals surface area contributed by atoms with E-state index in [2.05, 4.69) is 52.6 Å². The van der Waals surface area contributed by atoms with Crippen LogP contribution in [0, 0.1) is 5.92 Å². The van der Waals surface area contributed by atoms with Gasteiger partial charge in [-0.1, -0.05) is 32.0 Å². The monoisotopic (exact) mass is 488 g/mol. The van der Waals surface area contributed by atoms with Gasteiger partial charge in [-0.05, 0) is 57.3 Å². The van der Waals surface area contributed by atoms with Gasteiger partial charge >= 0.3 is 0 Å². The fraction of sp³-hybridized carbons (Fsp3) is 0.667. The second-order valence-corrected chi connectivity index (χ2v) is 6.95. The summed E-state index contributed by atoms with van der Waals surface area (Å²) in [6.07, 6.45) is 4.98. The summed E-state index contributed by atoms with van der Waals surface area (Å²) in [5.74, 6) is 2.60. The molecule has 6 heteroatoms. The molecule has 2 N–H and O–H groups in total. The third-order valence-electron chi connectivity index (χ3n) is 4.90. The number of nitrogens with one attached hydrogen (secondary N) is 2. The second-order valence-electron chi connectivity index (χ2n) is 6.95. The Morgan fingerprint density at radius 1 is 1.15 bits per heavy atom. The van der Waals surface area contributed by atoms with Crippen LogP contribution < -0.4 is 15.4 Å². The molecule has 0 aromatic heterocycles. The van der Waals surface area contributed by atoms with Gasteiger partial charge in [0.05, 0.1) is 6.61 Å². The highest BCUT2D eigenvalue weighted by Gasteiger charge is 2.22. The largest absolute Gasteiger partial charge is 0.493 e. The maximum Gasteiger partial charge on any atom is 0.191 e. The smallest absolute Gasteiger partial charge is 0.191 e. The number of rotatable bonds is 12. The van der Waals surface area contributed by atoms with E-state index in [1.54, 1.807) is 0 Å². The van der Waals surface area contributed by atoms with Crippen molar-refractivity contribution in [2.45, 2.75) is 46.1 Å². The number of nitrogens with zero attached hydrogens (tertiary/aromatic N) is 2. The summed E-state index contributed by atoms with van der Waals surface area (Å²) in [6, 6.07) is 8.27. The van der Waals surface area contributed by atoms with E-state index < -0.39 is 0 Å². The van der Waals surface area contributed by atoms with Crippen LogP contribution >= 0.6 is 24.0 Å². The molecule has 27 heavy (non-hydrogen) atoms. The first-order valence-corrected chi connectivity index (χ1v) is 10.1. The molecular formula is C21H37IN4O. The van der Waals surface area contributed by atoms with Crippen molar-refractivity contribution in [1.82, 2.24) is 15.5 Å². The van der Waals surface area contributed by atoms with Crippen LogP contribution in [0.2, 0.25) is 0 Å². The molecule has 0 spiro atoms. The molecule has 0 radical (unpaired) electrons. The van der Waals surface area contributed by atoms with Crippen molar-refractivity contribution in [3.63, 3.8) is 0 Å². The van der Waals surface area contributed by atoms with Gasteiger partial charge in [-0.25, -0.2) is 0 Å². The Balaban J connectivity index is 0.00000364. The van der Waals surface area contributed by atoms with E-state index >= 15 is 0 Å². The minimum Gasteiger partial charge on any atom is -0.493 e. The zero-order valence-corrected chi connectivity index (χ0v) is 19.5. The standard InChI is InChI=1S/C21H36N4O.HI/c1-4-25(5-2)15-9-8-14-23-21(22-3)24-16-19-10-6-7-11-20(19)26-17-18-12-13-18;/h6-7,10-11,18H,4-5,8-9,12-17H2,1-3H3,(H2,22,23,24);1H. The number of hydrogen-bond donors (Lipinski definition) is 2. The molecule has 0 unspecified atom stereocenters. The Morgan fingerprint density at radius 3 is 2.56 bits per heavy atom. The molecule has 1 aromatic rings. The molecule has 0 heterocycles. The van der Waals surface area contributed by atoms with Crippen molar-refractivity contribution in [2.75, 3.05) is 39.8 Å². The van der Waals surface area contributed by atoms with Crippen molar-refractivity contribution in [3.8, 4) is 5.75 Å². The van der Waals surface area contributed by atoms with Crippen LogP contribution in [0.15, 0.2) is 29.3 Å². The number of unbranched alkanes of at least 4 members (excludes halogenated alkanes) is 1. The van der Waals surface area contributed by atoms with Crippen molar-refractivity contribution in [1.29, 1.82) is 0 Å². The molecular weight excluding hydrogens is 451 g/mol. The number of hydrogen-bond acceptors (Lipinski definition) is 3. The van der Waals surface area contributed by atoms with Gasteiger partial charge in [0.1, 0.15) is 5.75 Å². The Morgan fingerprint density at radius 2 is 1.89 bits per heavy atom. The van der Waals surface area contributed by atoms with Gasteiger partial charge in [-0.3, -0.25) is 4.99 Å². The average Bonchev–Trinajstić information content (AvgIpc) is 3.50. The molecule has 154 valence electrons. The molecule has 1 saturated carbocycles. The van der Waals surface area contributed by atoms with E-state index in [1.165, 1.54) is 31.4 Å². The molecule has 5 nitrogen and oxygen atoms in total. The lowest BCUT2D eigenvalue weighted by Crippen LogP contribution is -2.37. The molecule has 0 saturated heterocycles. The molecule has 1 aliphatic carbocycles. The number of benzene rings is 1. The maximum absolute atomic E-state index is 5.98. The normalized spacial score (nSPS) is 14.0. The number of halogens is 1. The summed E-state index contributed by atoms with van der Waals surface area (Å²) in [4.78, 5) is 6.79. The molecule has 0 atom stereocenters. The first-order chi connectivity index (χ1) is 12.8. The zero-order valence-electron chi connectivity index (χ0n) is 17.2. The van der Waals surface area contributed by atoms with Crippen LogP contribution in [0.5, 0.6) is 5.75 Å². The number of guanidine groups is 1. The molecule has 1 aliphatic rings. The molecule has 2 rings (SSSR count). The van der Waals surface area contributed by atoms with E-state index in [0.29, 0.717) is 0 Å². The lowest BCUT2D eigenvalue weighted by molar-refractivity contribution is 0.296. The van der Waals surface area contributed by atoms with Gasteiger partial charge in [-0.15, -0.1) is 24.0 Å². The maximum atomic E-state index is 5.98. The van der Waals surface area contributed by atoms with Crippen LogP contribution in [0.4, 0.5) is 0 Å². The zero-order chi connectivity index (χ0) is 18.6. The van der Waals surface area contributed by atoms with Crippen LogP contribution in [0.1, 0.15) is 45.1 Å². The second kappa shape index (κ2) is 14.0. The van der Waals surface area contributed by atoms with Crippen molar-refractivity contribution in [2.24, 2.45) is 10.9 Å². The average molecular weight is 488 g/mol. The summed E-state index contributed by atoms with van der Waals surface area (Å²) >= 11 is 0. The molecule has 0 bridgehead atoms. The number of aliphatic imine (C=N–C) groups is 1. The summed E-state index contributed by atoms with van der Waals surface area (Å²) < 4.78 is 5.98. The Bertz CT molecular complexity index is 545. The highest BCUT2D eigenvalue weighted by atomic mass is 127. The van der Waals surface area contributed by atoms with Gasteiger partial charge < -0.3 is 20.3 Å². The van der Waals surface area contributed by atoms with E-state index in [-0.39, 0.29) is 24.0 Å². The van der Waals surface area contributed by atoms with Crippen LogP contribution in [-0.2, 0) is 6.54 Å². The minimum atomic E-state index is 0. The summed E-state index contributed by atoms with van der Waals surface area (Å²) in [6.45, 7) is 10.4. The quantitative estimate of drug-likeness (QED) is 0.203. The van der Waals surface area contributed by atoms with Crippen molar-refractivity contribution < 1.29 is 4.74 Å². The van der Waals surface area contributed by atoms with Gasteiger partial charge in [0.25, 0.3) is 0 Å². The lowest BCUT2D eigenvalue weighted by Gasteiger charge is -2.18. The van der Waals surface area contributed by atoms with Crippen molar-refractivity contribution >= 4 is 29.9 Å². The lowest BCUT2D eigenvalue weighted by atomic mass is 10.2. The van der Waals surface area contributed by atoms with Gasteiger partial charge in [0, 0.05) is 25.7 Å². The van der Waals surface area contributed by atoms with Gasteiger partial charge in [0.15, 0.2) is 5.96 Å². The highest BCUT2D eigenvalue weighted by molar-refractivity contribution is 14.0. The summed E-state index contributed by atoms with van der Waals surface area (Å²) in [5.41, 5.74) is 1.18. The fourth-order valence-corrected chi connectivity index (χ4v) is 2.89. The molecule has 1 aromatic carbocycles. The predicted octanol–water partition coefficient (Wildman–Crippen LogP) is 3.88. The Kier molecular flexibility index (Phi) is 12.5. The van der Waals surface area contributed by atoms with Gasteiger partial charge in [0.2, 0.25) is 0 Å². The van der Waals surface area contributed by atoms with Crippen LogP contribution in [0.3, 0.4) is 0 Å². The molecule has 1 fully saturated rings. The third-order valence-corrected chi connectivity index (χ3v) is 4.90. The predicted molar refractivity (Wildman–Crippen MR) is 125 cm³/mol. The van der Waals surface area contributed by atoms with E-state index in [9.17, 15) is 0 Å². The topological polar surface area (TPSA) is 48.9 Å². The van der Waals surface area contributed by atoms with E-state index in [4.69, 9.17) is 4.74 Å². The first kappa shape index (κ1) is 24.0. The highest BCUT2D eigenvalue weighted by Crippen LogP contribution is 2.30. The number of para-hydroxylation sites is 1.